The van der Waals surface area contributed by atoms with Gasteiger partial charge in [-0.05, 0) is 49.2 Å². The van der Waals surface area contributed by atoms with E-state index in [1.165, 1.54) is 0 Å². The Morgan fingerprint density at radius 3 is 2.63 bits per heavy atom. The zero-order valence-corrected chi connectivity index (χ0v) is 16.5. The Balaban J connectivity index is 1.53. The van der Waals surface area contributed by atoms with Crippen molar-refractivity contribution in [3.63, 3.8) is 0 Å². The van der Waals surface area contributed by atoms with Gasteiger partial charge in [0.2, 0.25) is 6.33 Å². The SMILES string of the molecule is CCc1nn(-c2ccc3cc(-c4ccc(-[n+]5cn[nH]c5)cc4)c(=O)oc3c2)nc1C. The molecule has 0 amide bonds. The first-order valence-electron chi connectivity index (χ1n) is 9.64. The van der Waals surface area contributed by atoms with Gasteiger partial charge in [-0.15, -0.1) is 5.10 Å². The molecule has 0 aliphatic heterocycles. The van der Waals surface area contributed by atoms with Crippen LogP contribution in [0.4, 0.5) is 0 Å². The molecule has 0 aliphatic rings. The predicted molar refractivity (Wildman–Crippen MR) is 111 cm³/mol. The van der Waals surface area contributed by atoms with E-state index in [1.807, 2.05) is 60.9 Å². The van der Waals surface area contributed by atoms with Crippen LogP contribution in [-0.2, 0) is 6.42 Å². The fourth-order valence-corrected chi connectivity index (χ4v) is 3.46. The average Bonchev–Trinajstić information content (AvgIpc) is 3.43. The summed E-state index contributed by atoms with van der Waals surface area (Å²) in [6.07, 6.45) is 4.24. The summed E-state index contributed by atoms with van der Waals surface area (Å²) in [6, 6.07) is 15.1. The summed E-state index contributed by atoms with van der Waals surface area (Å²) in [5.41, 5.74) is 4.95. The van der Waals surface area contributed by atoms with Gasteiger partial charge in [-0.3, -0.25) is 0 Å². The summed E-state index contributed by atoms with van der Waals surface area (Å²) < 4.78 is 7.48. The van der Waals surface area contributed by atoms with Crippen molar-refractivity contribution in [3.05, 3.63) is 83.0 Å². The first kappa shape index (κ1) is 18.0. The van der Waals surface area contributed by atoms with E-state index >= 15 is 0 Å². The van der Waals surface area contributed by atoms with Gasteiger partial charge in [-0.2, -0.15) is 15.0 Å². The lowest BCUT2D eigenvalue weighted by molar-refractivity contribution is -0.595. The number of rotatable bonds is 4. The molecular formula is C22H19N6O2+. The number of nitrogens with zero attached hydrogens (tertiary/aromatic N) is 5. The highest BCUT2D eigenvalue weighted by atomic mass is 16.4. The molecule has 0 fully saturated rings. The monoisotopic (exact) mass is 399 g/mol. The molecular weight excluding hydrogens is 380 g/mol. The summed E-state index contributed by atoms with van der Waals surface area (Å²) >= 11 is 0. The maximum atomic E-state index is 12.7. The molecule has 5 aromatic rings. The molecule has 3 heterocycles. The van der Waals surface area contributed by atoms with Crippen molar-refractivity contribution in [1.82, 2.24) is 25.2 Å². The molecule has 8 nitrogen and oxygen atoms in total. The van der Waals surface area contributed by atoms with E-state index in [2.05, 4.69) is 20.4 Å². The Hall–Kier alpha value is -4.07. The van der Waals surface area contributed by atoms with E-state index in [1.54, 1.807) is 23.5 Å². The smallest absolute Gasteiger partial charge is 0.344 e. The zero-order chi connectivity index (χ0) is 20.7. The standard InChI is InChI=1S/C22H18N6O2/c1-3-20-14(2)25-28(26-20)18-9-6-16-10-19(22(29)30-21(16)11-18)15-4-7-17(8-5-15)27-12-23-24-13-27/h4-13H,3H2,1-2H3/p+1. The largest absolute Gasteiger partial charge is 0.422 e. The van der Waals surface area contributed by atoms with Gasteiger partial charge in [0, 0.05) is 16.6 Å². The first-order valence-corrected chi connectivity index (χ1v) is 9.64. The predicted octanol–water partition coefficient (Wildman–Crippen LogP) is 2.91. The molecule has 3 aromatic heterocycles. The van der Waals surface area contributed by atoms with Crippen LogP contribution in [0.1, 0.15) is 18.3 Å². The number of aromatic amines is 1. The molecule has 8 heteroatoms. The molecule has 0 saturated carbocycles. The van der Waals surface area contributed by atoms with Crippen LogP contribution in [0.2, 0.25) is 0 Å². The number of hydrogen-bond acceptors (Lipinski definition) is 5. The molecule has 1 N–H and O–H groups in total. The van der Waals surface area contributed by atoms with Crippen molar-refractivity contribution >= 4 is 11.0 Å². The topological polar surface area (TPSA) is 93.5 Å². The van der Waals surface area contributed by atoms with Crippen LogP contribution in [0, 0.1) is 6.92 Å². The maximum absolute atomic E-state index is 12.7. The number of fused-ring (bicyclic) bond motifs is 1. The summed E-state index contributed by atoms with van der Waals surface area (Å²) in [7, 11) is 0. The second kappa shape index (κ2) is 7.07. The van der Waals surface area contributed by atoms with Crippen LogP contribution in [0.5, 0.6) is 0 Å². The van der Waals surface area contributed by atoms with Crippen LogP contribution in [0.15, 0.2) is 70.4 Å². The highest BCUT2D eigenvalue weighted by molar-refractivity contribution is 5.83. The lowest BCUT2D eigenvalue weighted by Crippen LogP contribution is -2.26. The van der Waals surface area contributed by atoms with Gasteiger partial charge >= 0.3 is 5.63 Å². The normalized spacial score (nSPS) is 11.3. The molecule has 5 rings (SSSR count). The van der Waals surface area contributed by atoms with E-state index < -0.39 is 0 Å². The summed E-state index contributed by atoms with van der Waals surface area (Å²) in [5, 5.41) is 16.5. The van der Waals surface area contributed by atoms with Gasteiger partial charge in [0.05, 0.1) is 22.6 Å². The summed E-state index contributed by atoms with van der Waals surface area (Å²) in [4.78, 5) is 14.3. The second-order valence-corrected chi connectivity index (χ2v) is 7.00. The maximum Gasteiger partial charge on any atom is 0.344 e. The Bertz CT molecular complexity index is 1400. The molecule has 0 aliphatic carbocycles. The average molecular weight is 399 g/mol. The molecule has 2 aromatic carbocycles. The van der Waals surface area contributed by atoms with Gasteiger partial charge < -0.3 is 4.42 Å². The zero-order valence-electron chi connectivity index (χ0n) is 16.5. The minimum atomic E-state index is -0.387. The minimum Gasteiger partial charge on any atom is -0.422 e. The van der Waals surface area contributed by atoms with Gasteiger partial charge in [0.25, 0.3) is 6.33 Å². The Kier molecular flexibility index (Phi) is 4.24. The highest BCUT2D eigenvalue weighted by Gasteiger charge is 2.12. The lowest BCUT2D eigenvalue weighted by Gasteiger charge is -2.05. The van der Waals surface area contributed by atoms with E-state index in [4.69, 9.17) is 4.42 Å². The van der Waals surface area contributed by atoms with Crippen molar-refractivity contribution < 1.29 is 8.98 Å². The van der Waals surface area contributed by atoms with Crippen LogP contribution < -0.4 is 10.2 Å². The fourth-order valence-electron chi connectivity index (χ4n) is 3.46. The highest BCUT2D eigenvalue weighted by Crippen LogP contribution is 2.23. The van der Waals surface area contributed by atoms with Crippen molar-refractivity contribution in [2.24, 2.45) is 0 Å². The second-order valence-electron chi connectivity index (χ2n) is 7.00. The summed E-state index contributed by atoms with van der Waals surface area (Å²) in [6.45, 7) is 3.98. The van der Waals surface area contributed by atoms with Gasteiger partial charge in [-0.25, -0.2) is 9.36 Å². The molecule has 0 unspecified atom stereocenters. The van der Waals surface area contributed by atoms with Crippen molar-refractivity contribution in [1.29, 1.82) is 0 Å². The van der Waals surface area contributed by atoms with Gasteiger partial charge in [-0.1, -0.05) is 19.1 Å². The number of hydrogen-bond donors (Lipinski definition) is 1. The third kappa shape index (κ3) is 3.08. The van der Waals surface area contributed by atoms with E-state index in [0.717, 1.165) is 40.1 Å². The molecule has 148 valence electrons. The number of aromatic nitrogens is 6. The van der Waals surface area contributed by atoms with E-state index in [-0.39, 0.29) is 5.63 Å². The minimum absolute atomic E-state index is 0.387. The molecule has 0 saturated heterocycles. The molecule has 0 radical (unpaired) electrons. The number of nitrogens with one attached hydrogen (secondary N) is 1. The van der Waals surface area contributed by atoms with Crippen molar-refractivity contribution in [2.75, 3.05) is 0 Å². The van der Waals surface area contributed by atoms with E-state index in [9.17, 15) is 4.79 Å². The van der Waals surface area contributed by atoms with E-state index in [0.29, 0.717) is 11.1 Å². The van der Waals surface area contributed by atoms with Crippen LogP contribution in [0.25, 0.3) is 33.5 Å². The van der Waals surface area contributed by atoms with Gasteiger partial charge in [0.15, 0.2) is 0 Å². The molecule has 0 bridgehead atoms. The van der Waals surface area contributed by atoms with Crippen LogP contribution in [-0.4, -0.2) is 25.2 Å². The first-order chi connectivity index (χ1) is 14.6. The van der Waals surface area contributed by atoms with Gasteiger partial charge in [0.1, 0.15) is 11.3 Å². The quantitative estimate of drug-likeness (QED) is 0.370. The summed E-state index contributed by atoms with van der Waals surface area (Å²) in [5.74, 6) is 0. The fraction of sp³-hybridized carbons (Fsp3) is 0.136. The molecule has 0 spiro atoms. The Morgan fingerprint density at radius 2 is 1.93 bits per heavy atom. The number of H-pyrrole nitrogens is 1. The third-order valence-corrected chi connectivity index (χ3v) is 5.09. The van der Waals surface area contributed by atoms with Crippen LogP contribution >= 0.6 is 0 Å². The lowest BCUT2D eigenvalue weighted by atomic mass is 10.1. The number of aryl methyl sites for hydroxylation is 2. The van der Waals surface area contributed by atoms with Crippen molar-refractivity contribution in [2.45, 2.75) is 20.3 Å². The number of benzene rings is 2. The Labute approximate surface area is 171 Å². The Morgan fingerprint density at radius 1 is 1.10 bits per heavy atom. The third-order valence-electron chi connectivity index (χ3n) is 5.09. The van der Waals surface area contributed by atoms with Crippen LogP contribution in [0.3, 0.4) is 0 Å². The van der Waals surface area contributed by atoms with Crippen molar-refractivity contribution in [3.8, 4) is 22.5 Å². The molecule has 0 atom stereocenters. The molecule has 30 heavy (non-hydrogen) atoms.